The highest BCUT2D eigenvalue weighted by molar-refractivity contribution is 5.93. The summed E-state index contributed by atoms with van der Waals surface area (Å²) in [6, 6.07) is 10.0. The first-order chi connectivity index (χ1) is 11.4. The molecule has 1 aromatic heterocycles. The average Bonchev–Trinajstić information content (AvgIpc) is 2.53. The Morgan fingerprint density at radius 1 is 1.21 bits per heavy atom. The highest BCUT2D eigenvalue weighted by Gasteiger charge is 2.15. The first kappa shape index (κ1) is 17.9. The summed E-state index contributed by atoms with van der Waals surface area (Å²) in [6.45, 7) is 11.5. The lowest BCUT2D eigenvalue weighted by atomic mass is 10.2. The van der Waals surface area contributed by atoms with Gasteiger partial charge >= 0.3 is 0 Å². The number of carbonyl (C=O) groups excluding carboxylic acids is 1. The van der Waals surface area contributed by atoms with Gasteiger partial charge in [0.1, 0.15) is 17.3 Å². The van der Waals surface area contributed by atoms with E-state index in [4.69, 9.17) is 0 Å². The van der Waals surface area contributed by atoms with Crippen LogP contribution in [0.25, 0.3) is 0 Å². The SMILES string of the molecule is CCN(c1cccc(C)c1)c1cc(C(=O)NCC(C)C)nc(C)n1. The van der Waals surface area contributed by atoms with Crippen LogP contribution in [0.3, 0.4) is 0 Å². The molecule has 0 aliphatic rings. The molecule has 5 heteroatoms. The molecule has 24 heavy (non-hydrogen) atoms. The van der Waals surface area contributed by atoms with Crippen LogP contribution < -0.4 is 10.2 Å². The van der Waals surface area contributed by atoms with E-state index >= 15 is 0 Å². The fraction of sp³-hybridized carbons (Fsp3) is 0.421. The number of nitrogens with zero attached hydrogens (tertiary/aromatic N) is 3. The molecule has 0 aliphatic carbocycles. The number of hydrogen-bond acceptors (Lipinski definition) is 4. The summed E-state index contributed by atoms with van der Waals surface area (Å²) in [6.07, 6.45) is 0. The van der Waals surface area contributed by atoms with Crippen LogP contribution in [0.1, 0.15) is 42.6 Å². The van der Waals surface area contributed by atoms with Crippen molar-refractivity contribution in [2.24, 2.45) is 5.92 Å². The third kappa shape index (κ3) is 4.54. The number of anilines is 2. The van der Waals surface area contributed by atoms with Gasteiger partial charge < -0.3 is 10.2 Å². The van der Waals surface area contributed by atoms with E-state index < -0.39 is 0 Å². The normalized spacial score (nSPS) is 10.8. The zero-order chi connectivity index (χ0) is 17.7. The second-order valence-corrected chi connectivity index (χ2v) is 6.35. The Hall–Kier alpha value is -2.43. The number of amides is 1. The van der Waals surface area contributed by atoms with Crippen LogP contribution in [0.5, 0.6) is 0 Å². The minimum absolute atomic E-state index is 0.157. The lowest BCUT2D eigenvalue weighted by Gasteiger charge is -2.23. The summed E-state index contributed by atoms with van der Waals surface area (Å²) in [5, 5.41) is 2.91. The van der Waals surface area contributed by atoms with Crippen molar-refractivity contribution in [3.05, 3.63) is 47.4 Å². The second-order valence-electron chi connectivity index (χ2n) is 6.35. The molecule has 0 bridgehead atoms. The summed E-state index contributed by atoms with van der Waals surface area (Å²) >= 11 is 0. The van der Waals surface area contributed by atoms with Gasteiger partial charge in [0.25, 0.3) is 5.91 Å². The molecule has 0 saturated heterocycles. The Bertz CT molecular complexity index is 712. The zero-order valence-electron chi connectivity index (χ0n) is 15.1. The van der Waals surface area contributed by atoms with Crippen LogP contribution in [0.2, 0.25) is 0 Å². The minimum Gasteiger partial charge on any atom is -0.350 e. The fourth-order valence-corrected chi connectivity index (χ4v) is 2.47. The van der Waals surface area contributed by atoms with Crippen molar-refractivity contribution in [3.63, 3.8) is 0 Å². The van der Waals surface area contributed by atoms with Gasteiger partial charge in [0.2, 0.25) is 0 Å². The number of benzene rings is 1. The topological polar surface area (TPSA) is 58.1 Å². The largest absolute Gasteiger partial charge is 0.350 e. The average molecular weight is 326 g/mol. The van der Waals surface area contributed by atoms with Gasteiger partial charge in [-0.3, -0.25) is 4.79 Å². The maximum absolute atomic E-state index is 12.3. The van der Waals surface area contributed by atoms with Gasteiger partial charge in [-0.1, -0.05) is 26.0 Å². The molecular formula is C19H26N4O. The predicted molar refractivity (Wildman–Crippen MR) is 97.8 cm³/mol. The summed E-state index contributed by atoms with van der Waals surface area (Å²) in [4.78, 5) is 23.2. The molecular weight excluding hydrogens is 300 g/mol. The lowest BCUT2D eigenvalue weighted by Crippen LogP contribution is -2.29. The Balaban J connectivity index is 2.33. The molecule has 2 rings (SSSR count). The van der Waals surface area contributed by atoms with Crippen molar-refractivity contribution in [1.29, 1.82) is 0 Å². The molecule has 0 atom stereocenters. The van der Waals surface area contributed by atoms with E-state index in [1.54, 1.807) is 6.07 Å². The molecule has 5 nitrogen and oxygen atoms in total. The number of carbonyl (C=O) groups is 1. The molecule has 0 aliphatic heterocycles. The van der Waals surface area contributed by atoms with E-state index in [1.807, 2.05) is 19.1 Å². The van der Waals surface area contributed by atoms with Crippen molar-refractivity contribution in [2.45, 2.75) is 34.6 Å². The number of hydrogen-bond donors (Lipinski definition) is 1. The Kier molecular flexibility index (Phi) is 5.90. The van der Waals surface area contributed by atoms with Crippen LogP contribution in [0.4, 0.5) is 11.5 Å². The first-order valence-corrected chi connectivity index (χ1v) is 8.38. The maximum Gasteiger partial charge on any atom is 0.270 e. The molecule has 0 spiro atoms. The molecule has 0 fully saturated rings. The highest BCUT2D eigenvalue weighted by Crippen LogP contribution is 2.24. The van der Waals surface area contributed by atoms with Gasteiger partial charge in [-0.15, -0.1) is 0 Å². The van der Waals surface area contributed by atoms with E-state index in [0.29, 0.717) is 24.0 Å². The number of nitrogens with one attached hydrogen (secondary N) is 1. The van der Waals surface area contributed by atoms with E-state index in [9.17, 15) is 4.79 Å². The first-order valence-electron chi connectivity index (χ1n) is 8.38. The van der Waals surface area contributed by atoms with Crippen LogP contribution in [0.15, 0.2) is 30.3 Å². The van der Waals surface area contributed by atoms with Gasteiger partial charge in [-0.05, 0) is 44.4 Å². The molecule has 0 radical (unpaired) electrons. The quantitative estimate of drug-likeness (QED) is 0.880. The third-order valence-electron chi connectivity index (χ3n) is 3.63. The fourth-order valence-electron chi connectivity index (χ4n) is 2.47. The van der Waals surface area contributed by atoms with Crippen LogP contribution in [-0.4, -0.2) is 29.0 Å². The molecule has 1 amide bonds. The second kappa shape index (κ2) is 7.90. The minimum atomic E-state index is -0.157. The van der Waals surface area contributed by atoms with Crippen LogP contribution in [0, 0.1) is 19.8 Å². The van der Waals surface area contributed by atoms with Gasteiger partial charge in [0, 0.05) is 24.8 Å². The van der Waals surface area contributed by atoms with Crippen LogP contribution >= 0.6 is 0 Å². The molecule has 128 valence electrons. The van der Waals surface area contributed by atoms with Gasteiger partial charge in [0.05, 0.1) is 0 Å². The molecule has 0 saturated carbocycles. The van der Waals surface area contributed by atoms with Gasteiger partial charge in [0.15, 0.2) is 0 Å². The summed E-state index contributed by atoms with van der Waals surface area (Å²) < 4.78 is 0. The molecule has 1 N–H and O–H groups in total. The standard InChI is InChI=1S/C19H26N4O/c1-6-23(16-9-7-8-14(4)10-16)18-11-17(21-15(5)22-18)19(24)20-12-13(2)3/h7-11,13H,6,12H2,1-5H3,(H,20,24). The van der Waals surface area contributed by atoms with Crippen molar-refractivity contribution in [2.75, 3.05) is 18.0 Å². The van der Waals surface area contributed by atoms with Gasteiger partial charge in [-0.25, -0.2) is 9.97 Å². The van der Waals surface area contributed by atoms with E-state index in [1.165, 1.54) is 5.56 Å². The van der Waals surface area contributed by atoms with E-state index in [-0.39, 0.29) is 5.91 Å². The van der Waals surface area contributed by atoms with Gasteiger partial charge in [-0.2, -0.15) is 0 Å². The van der Waals surface area contributed by atoms with E-state index in [2.05, 4.69) is 60.0 Å². The monoisotopic (exact) mass is 326 g/mol. The highest BCUT2D eigenvalue weighted by atomic mass is 16.1. The Morgan fingerprint density at radius 2 is 1.96 bits per heavy atom. The summed E-state index contributed by atoms with van der Waals surface area (Å²) in [5.74, 6) is 1.57. The summed E-state index contributed by atoms with van der Waals surface area (Å²) in [5.41, 5.74) is 2.65. The van der Waals surface area contributed by atoms with Crippen molar-refractivity contribution < 1.29 is 4.79 Å². The molecule has 2 aromatic rings. The van der Waals surface area contributed by atoms with E-state index in [0.717, 1.165) is 18.1 Å². The third-order valence-corrected chi connectivity index (χ3v) is 3.63. The Labute approximate surface area is 144 Å². The lowest BCUT2D eigenvalue weighted by molar-refractivity contribution is 0.0943. The molecule has 1 heterocycles. The van der Waals surface area contributed by atoms with Crippen molar-refractivity contribution in [1.82, 2.24) is 15.3 Å². The zero-order valence-corrected chi connectivity index (χ0v) is 15.1. The maximum atomic E-state index is 12.3. The smallest absolute Gasteiger partial charge is 0.270 e. The summed E-state index contributed by atoms with van der Waals surface area (Å²) in [7, 11) is 0. The molecule has 0 unspecified atom stereocenters. The van der Waals surface area contributed by atoms with Crippen molar-refractivity contribution >= 4 is 17.4 Å². The Morgan fingerprint density at radius 3 is 2.58 bits per heavy atom. The number of aromatic nitrogens is 2. The predicted octanol–water partition coefficient (Wildman–Crippen LogP) is 3.64. The van der Waals surface area contributed by atoms with Crippen molar-refractivity contribution in [3.8, 4) is 0 Å². The van der Waals surface area contributed by atoms with Crippen LogP contribution in [-0.2, 0) is 0 Å². The number of aryl methyl sites for hydroxylation is 2. The molecule has 1 aromatic carbocycles. The number of rotatable bonds is 6.